The minimum Gasteiger partial charge on any atom is -0.341 e. The van der Waals surface area contributed by atoms with E-state index in [9.17, 15) is 18.0 Å². The number of piperidine rings is 1. The average molecular weight is 224 g/mol. The third-order valence-electron chi connectivity index (χ3n) is 2.54. The van der Waals surface area contributed by atoms with Crippen LogP contribution < -0.4 is 5.32 Å². The predicted molar refractivity (Wildman–Crippen MR) is 49.4 cm³/mol. The van der Waals surface area contributed by atoms with Crippen LogP contribution in [0.5, 0.6) is 0 Å². The normalized spacial score (nSPS) is 22.7. The summed E-state index contributed by atoms with van der Waals surface area (Å²) in [6.07, 6.45) is -3.72. The van der Waals surface area contributed by atoms with Crippen LogP contribution in [-0.2, 0) is 0 Å². The van der Waals surface area contributed by atoms with Gasteiger partial charge in [-0.05, 0) is 18.8 Å². The first-order valence-corrected chi connectivity index (χ1v) is 4.96. The summed E-state index contributed by atoms with van der Waals surface area (Å²) in [4.78, 5) is 12.7. The molecule has 88 valence electrons. The molecule has 15 heavy (non-hydrogen) atoms. The van der Waals surface area contributed by atoms with Gasteiger partial charge in [-0.3, -0.25) is 0 Å². The fourth-order valence-electron chi connectivity index (χ4n) is 1.90. The number of amides is 2. The Hall–Kier alpha value is -0.940. The molecule has 1 aliphatic rings. The molecule has 1 rings (SSSR count). The zero-order valence-corrected chi connectivity index (χ0v) is 8.60. The maximum atomic E-state index is 12.1. The quantitative estimate of drug-likeness (QED) is 0.725. The highest BCUT2D eigenvalue weighted by Crippen LogP contribution is 2.29. The van der Waals surface area contributed by atoms with Crippen molar-refractivity contribution < 1.29 is 18.0 Å². The number of carbonyl (C=O) groups is 1. The van der Waals surface area contributed by atoms with Crippen LogP contribution in [0, 0.1) is 5.92 Å². The lowest BCUT2D eigenvalue weighted by Crippen LogP contribution is -2.45. The van der Waals surface area contributed by atoms with Gasteiger partial charge in [-0.15, -0.1) is 0 Å². The van der Waals surface area contributed by atoms with E-state index >= 15 is 0 Å². The van der Waals surface area contributed by atoms with Crippen LogP contribution in [0.1, 0.15) is 19.3 Å². The summed E-state index contributed by atoms with van der Waals surface area (Å²) >= 11 is 0. The number of carbonyl (C=O) groups excluding carboxylic acids is 1. The summed E-state index contributed by atoms with van der Waals surface area (Å²) in [5.74, 6) is -0.448. The molecule has 3 nitrogen and oxygen atoms in total. The second-order valence-electron chi connectivity index (χ2n) is 3.83. The van der Waals surface area contributed by atoms with Crippen molar-refractivity contribution in [1.82, 2.24) is 10.2 Å². The molecule has 0 aromatic heterocycles. The lowest BCUT2D eigenvalue weighted by molar-refractivity contribution is -0.147. The second kappa shape index (κ2) is 4.72. The van der Waals surface area contributed by atoms with Gasteiger partial charge in [0.2, 0.25) is 0 Å². The number of urea groups is 1. The summed E-state index contributed by atoms with van der Waals surface area (Å²) in [6.45, 7) is 0.757. The average Bonchev–Trinajstić information content (AvgIpc) is 2.14. The number of hydrogen-bond acceptors (Lipinski definition) is 1. The van der Waals surface area contributed by atoms with Gasteiger partial charge < -0.3 is 10.2 Å². The molecule has 1 N–H and O–H groups in total. The maximum absolute atomic E-state index is 12.1. The molecule has 1 aliphatic heterocycles. The van der Waals surface area contributed by atoms with E-state index < -0.39 is 18.5 Å². The Balaban J connectivity index is 2.46. The molecule has 6 heteroatoms. The fraction of sp³-hybridized carbons (Fsp3) is 0.889. The first kappa shape index (κ1) is 12.1. The predicted octanol–water partition coefficient (Wildman–Crippen LogP) is 1.99. The third-order valence-corrected chi connectivity index (χ3v) is 2.54. The SMILES string of the molecule is CNC(=O)N1CCCC(CC(F)(F)F)C1. The lowest BCUT2D eigenvalue weighted by Gasteiger charge is -2.32. The molecule has 2 amide bonds. The van der Waals surface area contributed by atoms with Gasteiger partial charge in [-0.2, -0.15) is 13.2 Å². The van der Waals surface area contributed by atoms with E-state index in [-0.39, 0.29) is 12.6 Å². The summed E-state index contributed by atoms with van der Waals surface area (Å²) in [6, 6.07) is -0.290. The number of nitrogens with one attached hydrogen (secondary N) is 1. The van der Waals surface area contributed by atoms with Crippen molar-refractivity contribution in [2.75, 3.05) is 20.1 Å². The van der Waals surface area contributed by atoms with E-state index in [2.05, 4.69) is 5.32 Å². The van der Waals surface area contributed by atoms with Gasteiger partial charge in [0.1, 0.15) is 0 Å². The largest absolute Gasteiger partial charge is 0.389 e. The van der Waals surface area contributed by atoms with Crippen LogP contribution >= 0.6 is 0 Å². The zero-order valence-electron chi connectivity index (χ0n) is 8.60. The van der Waals surface area contributed by atoms with Crippen LogP contribution in [0.3, 0.4) is 0 Å². The number of alkyl halides is 3. The summed E-state index contributed by atoms with van der Waals surface area (Å²) in [7, 11) is 1.48. The van der Waals surface area contributed by atoms with Crippen molar-refractivity contribution >= 4 is 6.03 Å². The summed E-state index contributed by atoms with van der Waals surface area (Å²) in [5, 5.41) is 2.42. The van der Waals surface area contributed by atoms with Crippen LogP contribution in [0.2, 0.25) is 0 Å². The van der Waals surface area contributed by atoms with E-state index in [1.807, 2.05) is 0 Å². The van der Waals surface area contributed by atoms with E-state index in [4.69, 9.17) is 0 Å². The Morgan fingerprint density at radius 2 is 2.20 bits per heavy atom. The first-order chi connectivity index (χ1) is 6.92. The third kappa shape index (κ3) is 3.97. The number of halogens is 3. The van der Waals surface area contributed by atoms with E-state index in [1.165, 1.54) is 11.9 Å². The summed E-state index contributed by atoms with van der Waals surface area (Å²) in [5.41, 5.74) is 0. The molecule has 1 heterocycles. The topological polar surface area (TPSA) is 32.3 Å². The highest BCUT2D eigenvalue weighted by Gasteiger charge is 2.34. The Bertz CT molecular complexity index is 230. The number of hydrogen-bond donors (Lipinski definition) is 1. The fourth-order valence-corrected chi connectivity index (χ4v) is 1.90. The lowest BCUT2D eigenvalue weighted by atomic mass is 9.95. The molecule has 0 aromatic carbocycles. The molecule has 1 saturated heterocycles. The number of rotatable bonds is 1. The molecule has 1 atom stereocenters. The van der Waals surface area contributed by atoms with Crippen molar-refractivity contribution in [2.24, 2.45) is 5.92 Å². The molecule has 0 saturated carbocycles. The summed E-state index contributed by atoms with van der Waals surface area (Å²) < 4.78 is 36.4. The van der Waals surface area contributed by atoms with Crippen molar-refractivity contribution in [3.05, 3.63) is 0 Å². The van der Waals surface area contributed by atoms with Gasteiger partial charge in [0.25, 0.3) is 0 Å². The van der Waals surface area contributed by atoms with Crippen LogP contribution in [0.15, 0.2) is 0 Å². The Morgan fingerprint density at radius 3 is 2.73 bits per heavy atom. The van der Waals surface area contributed by atoms with Crippen molar-refractivity contribution in [3.63, 3.8) is 0 Å². The molecular weight excluding hydrogens is 209 g/mol. The van der Waals surface area contributed by atoms with Crippen LogP contribution in [0.4, 0.5) is 18.0 Å². The Morgan fingerprint density at radius 1 is 1.53 bits per heavy atom. The van der Waals surface area contributed by atoms with Gasteiger partial charge in [-0.1, -0.05) is 0 Å². The number of likely N-dealkylation sites (tertiary alicyclic amines) is 1. The van der Waals surface area contributed by atoms with Gasteiger partial charge in [0, 0.05) is 26.6 Å². The zero-order chi connectivity index (χ0) is 11.5. The van der Waals surface area contributed by atoms with E-state index in [1.54, 1.807) is 0 Å². The molecule has 0 aliphatic carbocycles. The van der Waals surface area contributed by atoms with Crippen molar-refractivity contribution in [2.45, 2.75) is 25.4 Å². The Kier molecular flexibility index (Phi) is 3.82. The Labute approximate surface area is 86.6 Å². The molecule has 0 bridgehead atoms. The molecule has 1 fully saturated rings. The van der Waals surface area contributed by atoms with Gasteiger partial charge in [0.15, 0.2) is 0 Å². The number of nitrogens with zero attached hydrogens (tertiary/aromatic N) is 1. The van der Waals surface area contributed by atoms with Crippen molar-refractivity contribution in [1.29, 1.82) is 0 Å². The minimum atomic E-state index is -4.13. The minimum absolute atomic E-state index is 0.208. The van der Waals surface area contributed by atoms with Crippen LogP contribution in [0.25, 0.3) is 0 Å². The molecule has 1 unspecified atom stereocenters. The first-order valence-electron chi connectivity index (χ1n) is 4.96. The maximum Gasteiger partial charge on any atom is 0.389 e. The van der Waals surface area contributed by atoms with E-state index in [0.717, 1.165) is 0 Å². The smallest absolute Gasteiger partial charge is 0.341 e. The molecule has 0 spiro atoms. The second-order valence-corrected chi connectivity index (χ2v) is 3.83. The highest BCUT2D eigenvalue weighted by molar-refractivity contribution is 5.73. The monoisotopic (exact) mass is 224 g/mol. The molecular formula is C9H15F3N2O. The highest BCUT2D eigenvalue weighted by atomic mass is 19.4. The molecule has 0 aromatic rings. The van der Waals surface area contributed by atoms with Gasteiger partial charge in [0.05, 0.1) is 0 Å². The van der Waals surface area contributed by atoms with Gasteiger partial charge >= 0.3 is 12.2 Å². The molecule has 0 radical (unpaired) electrons. The van der Waals surface area contributed by atoms with Crippen LogP contribution in [-0.4, -0.2) is 37.2 Å². The van der Waals surface area contributed by atoms with Gasteiger partial charge in [-0.25, -0.2) is 4.79 Å². The van der Waals surface area contributed by atoms with Crippen molar-refractivity contribution in [3.8, 4) is 0 Å². The van der Waals surface area contributed by atoms with E-state index in [0.29, 0.717) is 19.4 Å². The standard InChI is InChI=1S/C9H15F3N2O/c1-13-8(15)14-4-2-3-7(6-14)5-9(10,11)12/h7H,2-6H2,1H3,(H,13,15).